The maximum Gasteiger partial charge on any atom is 0.0414 e. The minimum atomic E-state index is 0.428. The van der Waals surface area contributed by atoms with E-state index in [0.29, 0.717) is 22.9 Å². The van der Waals surface area contributed by atoms with Gasteiger partial charge in [0.1, 0.15) is 0 Å². The molecule has 0 bridgehead atoms. The maximum atomic E-state index is 3.83. The summed E-state index contributed by atoms with van der Waals surface area (Å²) in [6.45, 7) is 11.7. The second kappa shape index (κ2) is 3.85. The second-order valence-electron chi connectivity index (χ2n) is 6.02. The first kappa shape index (κ1) is 12.1. The van der Waals surface area contributed by atoms with Crippen LogP contribution in [0.5, 0.6) is 0 Å². The number of nitrogens with one attached hydrogen (secondary N) is 1. The molecule has 1 heterocycles. The summed E-state index contributed by atoms with van der Waals surface area (Å²) in [6.07, 6.45) is 1.17. The van der Waals surface area contributed by atoms with Gasteiger partial charge in [-0.2, -0.15) is 0 Å². The fraction of sp³-hybridized carbons (Fsp3) is 0.714. The molecule has 90 valence electrons. The lowest BCUT2D eigenvalue weighted by atomic mass is 10.0. The van der Waals surface area contributed by atoms with E-state index < -0.39 is 0 Å². The van der Waals surface area contributed by atoms with Gasteiger partial charge in [0.25, 0.3) is 0 Å². The molecule has 1 fully saturated rings. The molecule has 1 aliphatic carbocycles. The molecule has 0 radical (unpaired) electrons. The van der Waals surface area contributed by atoms with Crippen LogP contribution >= 0.6 is 11.3 Å². The molecule has 1 saturated carbocycles. The summed E-state index contributed by atoms with van der Waals surface area (Å²) in [5.41, 5.74) is 0.857. The van der Waals surface area contributed by atoms with E-state index in [9.17, 15) is 0 Å². The van der Waals surface area contributed by atoms with Gasteiger partial charge in [-0.05, 0) is 28.7 Å². The summed E-state index contributed by atoms with van der Waals surface area (Å²) in [7, 11) is 0. The van der Waals surface area contributed by atoms with Crippen LogP contribution in [0.2, 0.25) is 0 Å². The van der Waals surface area contributed by atoms with E-state index in [2.05, 4.69) is 57.4 Å². The Kier molecular flexibility index (Phi) is 2.92. The topological polar surface area (TPSA) is 12.0 Å². The highest BCUT2D eigenvalue weighted by atomic mass is 32.1. The molecule has 1 unspecified atom stereocenters. The zero-order valence-corrected chi connectivity index (χ0v) is 11.8. The van der Waals surface area contributed by atoms with Crippen molar-refractivity contribution in [3.63, 3.8) is 0 Å². The molecule has 0 aromatic carbocycles. The molecule has 2 rings (SSSR count). The number of rotatable bonds is 4. The summed E-state index contributed by atoms with van der Waals surface area (Å²) in [4.78, 5) is 1.47. The van der Waals surface area contributed by atoms with Crippen LogP contribution in [-0.4, -0.2) is 6.04 Å². The third kappa shape index (κ3) is 1.72. The first-order chi connectivity index (χ1) is 7.41. The van der Waals surface area contributed by atoms with Crippen LogP contribution in [0, 0.1) is 10.8 Å². The molecule has 2 heteroatoms. The fourth-order valence-corrected chi connectivity index (χ4v) is 3.58. The van der Waals surface area contributed by atoms with Gasteiger partial charge in [0, 0.05) is 17.0 Å². The Morgan fingerprint density at radius 2 is 1.94 bits per heavy atom. The fourth-order valence-electron chi connectivity index (χ4n) is 2.70. The van der Waals surface area contributed by atoms with Gasteiger partial charge in [0.15, 0.2) is 0 Å². The lowest BCUT2D eigenvalue weighted by Gasteiger charge is -2.17. The van der Waals surface area contributed by atoms with Crippen LogP contribution in [0.25, 0.3) is 0 Å². The number of thiophene rings is 1. The lowest BCUT2D eigenvalue weighted by Crippen LogP contribution is -2.26. The van der Waals surface area contributed by atoms with E-state index in [-0.39, 0.29) is 0 Å². The predicted octanol–water partition coefficient (Wildman–Crippen LogP) is 4.22. The molecule has 1 aromatic rings. The highest BCUT2D eigenvalue weighted by Crippen LogP contribution is 2.63. The third-order valence-corrected chi connectivity index (χ3v) is 5.67. The Labute approximate surface area is 103 Å². The van der Waals surface area contributed by atoms with Gasteiger partial charge in [-0.1, -0.05) is 40.7 Å². The van der Waals surface area contributed by atoms with Crippen LogP contribution in [0.15, 0.2) is 17.5 Å². The molecule has 1 aromatic heterocycles. The van der Waals surface area contributed by atoms with Gasteiger partial charge in [0.2, 0.25) is 0 Å². The third-order valence-electron chi connectivity index (χ3n) is 4.68. The second-order valence-corrected chi connectivity index (χ2v) is 7.00. The molecule has 1 aliphatic rings. The molecule has 1 N–H and O–H groups in total. The maximum absolute atomic E-state index is 3.83. The largest absolute Gasteiger partial charge is 0.305 e. The zero-order valence-electron chi connectivity index (χ0n) is 11.0. The Morgan fingerprint density at radius 3 is 2.31 bits per heavy atom. The Balaban J connectivity index is 2.05. The van der Waals surface area contributed by atoms with Gasteiger partial charge in [0.05, 0.1) is 0 Å². The van der Waals surface area contributed by atoms with E-state index in [1.807, 2.05) is 11.3 Å². The molecular weight excluding hydrogens is 214 g/mol. The van der Waals surface area contributed by atoms with Crippen LogP contribution < -0.4 is 5.32 Å². The molecule has 1 atom stereocenters. The van der Waals surface area contributed by atoms with Gasteiger partial charge >= 0.3 is 0 Å². The number of hydrogen-bond acceptors (Lipinski definition) is 2. The van der Waals surface area contributed by atoms with Crippen molar-refractivity contribution in [3.8, 4) is 0 Å². The molecule has 16 heavy (non-hydrogen) atoms. The quantitative estimate of drug-likeness (QED) is 0.826. The summed E-state index contributed by atoms with van der Waals surface area (Å²) < 4.78 is 0. The van der Waals surface area contributed by atoms with E-state index >= 15 is 0 Å². The minimum Gasteiger partial charge on any atom is -0.305 e. The Morgan fingerprint density at radius 1 is 1.31 bits per heavy atom. The van der Waals surface area contributed by atoms with Crippen molar-refractivity contribution in [2.24, 2.45) is 10.8 Å². The predicted molar refractivity (Wildman–Crippen MR) is 71.8 cm³/mol. The molecule has 0 spiro atoms. The Hall–Kier alpha value is -0.340. The molecule has 1 nitrogen and oxygen atoms in total. The lowest BCUT2D eigenvalue weighted by molar-refractivity contribution is 0.457. The van der Waals surface area contributed by atoms with Crippen LogP contribution in [0.4, 0.5) is 0 Å². The van der Waals surface area contributed by atoms with Gasteiger partial charge < -0.3 is 5.32 Å². The monoisotopic (exact) mass is 237 g/mol. The van der Waals surface area contributed by atoms with Gasteiger partial charge in [-0.15, -0.1) is 11.3 Å². The molecule has 0 aliphatic heterocycles. The number of hydrogen-bond donors (Lipinski definition) is 1. The summed E-state index contributed by atoms with van der Waals surface area (Å²) in [5, 5.41) is 6.00. The van der Waals surface area contributed by atoms with Crippen molar-refractivity contribution in [3.05, 3.63) is 22.4 Å². The molecule has 0 saturated heterocycles. The summed E-state index contributed by atoms with van der Waals surface area (Å²) >= 11 is 1.86. The molecule has 0 amide bonds. The van der Waals surface area contributed by atoms with Crippen LogP contribution in [0.1, 0.15) is 52.0 Å². The average Bonchev–Trinajstić information content (AvgIpc) is 2.68. The van der Waals surface area contributed by atoms with Crippen molar-refractivity contribution in [2.75, 3.05) is 0 Å². The van der Waals surface area contributed by atoms with Gasteiger partial charge in [-0.25, -0.2) is 0 Å². The standard InChI is InChI=1S/C14H23NS/c1-6-10(11-8-7-9-16-11)15-12-13(2,3)14(12,4)5/h7-10,12,15H,6H2,1-5H3. The van der Waals surface area contributed by atoms with Gasteiger partial charge in [-0.3, -0.25) is 0 Å². The van der Waals surface area contributed by atoms with Crippen molar-refractivity contribution < 1.29 is 0 Å². The van der Waals surface area contributed by atoms with Crippen molar-refractivity contribution in [1.29, 1.82) is 0 Å². The highest BCUT2D eigenvalue weighted by Gasteiger charge is 2.64. The SMILES string of the molecule is CCC(NC1C(C)(C)C1(C)C)c1cccs1. The minimum absolute atomic E-state index is 0.428. The smallest absolute Gasteiger partial charge is 0.0414 e. The normalized spacial score (nSPS) is 24.3. The van der Waals surface area contributed by atoms with Crippen LogP contribution in [-0.2, 0) is 0 Å². The van der Waals surface area contributed by atoms with Crippen LogP contribution in [0.3, 0.4) is 0 Å². The average molecular weight is 237 g/mol. The summed E-state index contributed by atoms with van der Waals surface area (Å²) in [6, 6.07) is 5.57. The zero-order chi connectivity index (χ0) is 12.0. The molecular formula is C14H23NS. The van der Waals surface area contributed by atoms with E-state index in [4.69, 9.17) is 0 Å². The first-order valence-corrected chi connectivity index (χ1v) is 7.08. The van der Waals surface area contributed by atoms with Crippen molar-refractivity contribution in [2.45, 2.75) is 53.1 Å². The first-order valence-electron chi connectivity index (χ1n) is 6.20. The van der Waals surface area contributed by atoms with E-state index in [0.717, 1.165) is 0 Å². The summed E-state index contributed by atoms with van der Waals surface area (Å²) in [5.74, 6) is 0. The highest BCUT2D eigenvalue weighted by molar-refractivity contribution is 7.10. The van der Waals surface area contributed by atoms with E-state index in [1.54, 1.807) is 0 Å². The van der Waals surface area contributed by atoms with Crippen molar-refractivity contribution in [1.82, 2.24) is 5.32 Å². The Bertz CT molecular complexity index is 337. The van der Waals surface area contributed by atoms with E-state index in [1.165, 1.54) is 11.3 Å². The van der Waals surface area contributed by atoms with Crippen molar-refractivity contribution >= 4 is 11.3 Å².